The average molecular weight is 577 g/mol. The van der Waals surface area contributed by atoms with Crippen LogP contribution in [0.1, 0.15) is 111 Å². The number of pyridine rings is 1. The number of nitrogens with one attached hydrogen (secondary N) is 1. The molecule has 4 rings (SSSR count). The van der Waals surface area contributed by atoms with Gasteiger partial charge in [0.25, 0.3) is 5.91 Å². The van der Waals surface area contributed by atoms with Crippen LogP contribution in [0.25, 0.3) is 0 Å². The number of hydrogen-bond acceptors (Lipinski definition) is 5. The maximum atomic E-state index is 14.9. The van der Waals surface area contributed by atoms with Crippen LogP contribution >= 0.6 is 0 Å². The van der Waals surface area contributed by atoms with Gasteiger partial charge in [-0.2, -0.15) is 0 Å². The minimum atomic E-state index is -1.20. The highest BCUT2D eigenvalue weighted by molar-refractivity contribution is 6.07. The first-order valence-corrected chi connectivity index (χ1v) is 15.4. The zero-order chi connectivity index (χ0) is 30.7. The third kappa shape index (κ3) is 7.13. The van der Waals surface area contributed by atoms with Crippen LogP contribution < -0.4 is 10.2 Å². The zero-order valence-corrected chi connectivity index (χ0v) is 26.4. The van der Waals surface area contributed by atoms with Crippen molar-refractivity contribution in [1.82, 2.24) is 15.2 Å². The molecule has 2 fully saturated rings. The Morgan fingerprint density at radius 3 is 2.24 bits per heavy atom. The van der Waals surface area contributed by atoms with Crippen molar-refractivity contribution in [3.05, 3.63) is 59.9 Å². The maximum Gasteiger partial charge on any atom is 0.411 e. The van der Waals surface area contributed by atoms with E-state index in [-0.39, 0.29) is 23.3 Å². The Hall–Kier alpha value is -3.42. The van der Waals surface area contributed by atoms with Crippen molar-refractivity contribution in [2.75, 3.05) is 11.4 Å². The van der Waals surface area contributed by atoms with E-state index >= 15 is 0 Å². The van der Waals surface area contributed by atoms with E-state index in [0.29, 0.717) is 30.6 Å². The third-order valence-corrected chi connectivity index (χ3v) is 8.40. The molecule has 0 bridgehead atoms. The van der Waals surface area contributed by atoms with Gasteiger partial charge < -0.3 is 10.1 Å². The molecule has 1 aliphatic heterocycles. The molecule has 42 heavy (non-hydrogen) atoms. The molecule has 1 saturated heterocycles. The molecule has 8 nitrogen and oxygen atoms in total. The fourth-order valence-electron chi connectivity index (χ4n) is 6.04. The highest BCUT2D eigenvalue weighted by Gasteiger charge is 2.51. The molecule has 1 N–H and O–H groups in total. The van der Waals surface area contributed by atoms with E-state index in [1.54, 1.807) is 30.3 Å². The summed E-state index contributed by atoms with van der Waals surface area (Å²) in [5.41, 5.74) is 0.341. The number of likely N-dealkylation sites (tertiary alicyclic amines) is 1. The second-order valence-corrected chi connectivity index (χ2v) is 14.0. The molecule has 1 aliphatic carbocycles. The second-order valence-electron chi connectivity index (χ2n) is 14.0. The van der Waals surface area contributed by atoms with E-state index in [2.05, 4.69) is 31.1 Å². The first kappa shape index (κ1) is 31.5. The summed E-state index contributed by atoms with van der Waals surface area (Å²) in [6.07, 6.45) is 9.06. The SMILES string of the molecule is CC(C)(C)OC(=O)N1CCCC1(C)C(=O)N(c1ccc(C(C)(C)C)cc1)C(C(=O)NC1CCCCC1)c1cccnc1. The first-order chi connectivity index (χ1) is 19.7. The highest BCUT2D eigenvalue weighted by atomic mass is 16.6. The number of ether oxygens (including phenoxy) is 1. The summed E-state index contributed by atoms with van der Waals surface area (Å²) >= 11 is 0. The van der Waals surface area contributed by atoms with Gasteiger partial charge in [-0.15, -0.1) is 0 Å². The summed E-state index contributed by atoms with van der Waals surface area (Å²) in [6, 6.07) is 10.6. The number of amides is 3. The normalized spacial score (nSPS) is 20.6. The van der Waals surface area contributed by atoms with Gasteiger partial charge in [-0.25, -0.2) is 4.79 Å². The lowest BCUT2D eigenvalue weighted by atomic mass is 9.86. The summed E-state index contributed by atoms with van der Waals surface area (Å²) < 4.78 is 5.73. The quantitative estimate of drug-likeness (QED) is 0.414. The number of nitrogens with zero attached hydrogens (tertiary/aromatic N) is 3. The molecule has 1 saturated carbocycles. The molecule has 2 aromatic rings. The number of anilines is 1. The summed E-state index contributed by atoms with van der Waals surface area (Å²) in [5, 5.41) is 3.26. The molecule has 2 heterocycles. The number of hydrogen-bond donors (Lipinski definition) is 1. The van der Waals surface area contributed by atoms with Gasteiger partial charge in [-0.3, -0.25) is 24.4 Å². The fourth-order valence-corrected chi connectivity index (χ4v) is 6.04. The van der Waals surface area contributed by atoms with Crippen molar-refractivity contribution in [2.24, 2.45) is 0 Å². The summed E-state index contributed by atoms with van der Waals surface area (Å²) in [4.78, 5) is 50.0. The smallest absolute Gasteiger partial charge is 0.411 e. The second kappa shape index (κ2) is 12.4. The predicted molar refractivity (Wildman–Crippen MR) is 165 cm³/mol. The van der Waals surface area contributed by atoms with Crippen molar-refractivity contribution < 1.29 is 19.1 Å². The number of aromatic nitrogens is 1. The summed E-state index contributed by atoms with van der Waals surface area (Å²) in [5.74, 6) is -0.560. The molecule has 2 atom stereocenters. The van der Waals surface area contributed by atoms with E-state index in [0.717, 1.165) is 31.2 Å². The van der Waals surface area contributed by atoms with Gasteiger partial charge in [-0.05, 0) is 82.6 Å². The lowest BCUT2D eigenvalue weighted by Crippen LogP contribution is -2.59. The standard InChI is InChI=1S/C34H48N4O4/c1-32(2,3)25-16-18-27(19-17-25)38(30(40)34(7)20-12-22-37(34)31(41)42-33(4,5)6)28(24-13-11-21-35-23-24)29(39)36-26-14-9-8-10-15-26/h11,13,16-19,21,23,26,28H,8-10,12,14-15,20,22H2,1-7H3,(H,36,39). The van der Waals surface area contributed by atoms with Crippen LogP contribution in [0.4, 0.5) is 10.5 Å². The largest absolute Gasteiger partial charge is 0.444 e. The van der Waals surface area contributed by atoms with Crippen molar-refractivity contribution in [1.29, 1.82) is 0 Å². The lowest BCUT2D eigenvalue weighted by Gasteiger charge is -2.41. The molecular formula is C34H48N4O4. The van der Waals surface area contributed by atoms with Crippen LogP contribution in [-0.4, -0.2) is 51.5 Å². The Morgan fingerprint density at radius 2 is 1.67 bits per heavy atom. The first-order valence-electron chi connectivity index (χ1n) is 15.4. The van der Waals surface area contributed by atoms with E-state index < -0.39 is 23.3 Å². The number of carbonyl (C=O) groups excluding carboxylic acids is 3. The summed E-state index contributed by atoms with van der Waals surface area (Å²) in [6.45, 7) is 14.1. The van der Waals surface area contributed by atoms with Crippen LogP contribution in [0.15, 0.2) is 48.8 Å². The minimum Gasteiger partial charge on any atom is -0.444 e. The molecule has 2 unspecified atom stereocenters. The van der Waals surface area contributed by atoms with Gasteiger partial charge in [-0.1, -0.05) is 58.2 Å². The van der Waals surface area contributed by atoms with Gasteiger partial charge in [0.1, 0.15) is 17.2 Å². The van der Waals surface area contributed by atoms with Crippen molar-refractivity contribution in [3.8, 4) is 0 Å². The van der Waals surface area contributed by atoms with Crippen molar-refractivity contribution >= 4 is 23.6 Å². The summed E-state index contributed by atoms with van der Waals surface area (Å²) in [7, 11) is 0. The van der Waals surface area contributed by atoms with Crippen molar-refractivity contribution in [3.63, 3.8) is 0 Å². The molecule has 1 aromatic carbocycles. The molecular weight excluding hydrogens is 528 g/mol. The van der Waals surface area contributed by atoms with Gasteiger partial charge >= 0.3 is 6.09 Å². The Kier molecular flexibility index (Phi) is 9.33. The molecule has 2 aliphatic rings. The zero-order valence-electron chi connectivity index (χ0n) is 26.4. The number of rotatable bonds is 6. The van der Waals surface area contributed by atoms with E-state index in [1.165, 1.54) is 11.3 Å². The van der Waals surface area contributed by atoms with Crippen LogP contribution in [0.5, 0.6) is 0 Å². The van der Waals surface area contributed by atoms with Crippen LogP contribution in [-0.2, 0) is 19.7 Å². The molecule has 3 amide bonds. The average Bonchev–Trinajstić information content (AvgIpc) is 3.34. The monoisotopic (exact) mass is 576 g/mol. The number of benzene rings is 1. The van der Waals surface area contributed by atoms with Gasteiger partial charge in [0.05, 0.1) is 0 Å². The minimum absolute atomic E-state index is 0.0611. The van der Waals surface area contributed by atoms with E-state index in [4.69, 9.17) is 4.74 Å². The van der Waals surface area contributed by atoms with E-state index in [9.17, 15) is 14.4 Å². The molecule has 8 heteroatoms. The van der Waals surface area contributed by atoms with Crippen LogP contribution in [0.2, 0.25) is 0 Å². The van der Waals surface area contributed by atoms with Gasteiger partial charge in [0.15, 0.2) is 0 Å². The lowest BCUT2D eigenvalue weighted by molar-refractivity contribution is -0.132. The maximum absolute atomic E-state index is 14.9. The Morgan fingerprint density at radius 1 is 1.00 bits per heavy atom. The van der Waals surface area contributed by atoms with Gasteiger partial charge in [0.2, 0.25) is 5.91 Å². The molecule has 0 radical (unpaired) electrons. The molecule has 1 aromatic heterocycles. The fraction of sp³-hybridized carbons (Fsp3) is 0.588. The highest BCUT2D eigenvalue weighted by Crippen LogP contribution is 2.38. The van der Waals surface area contributed by atoms with Gasteiger partial charge in [0, 0.05) is 36.2 Å². The number of carbonyl (C=O) groups is 3. The Bertz CT molecular complexity index is 1240. The molecule has 0 spiro atoms. The Balaban J connectivity index is 1.81. The van der Waals surface area contributed by atoms with Crippen molar-refractivity contribution in [2.45, 2.75) is 122 Å². The van der Waals surface area contributed by atoms with Crippen LogP contribution in [0, 0.1) is 0 Å². The predicted octanol–water partition coefficient (Wildman–Crippen LogP) is 6.69. The third-order valence-electron chi connectivity index (χ3n) is 8.40. The van der Waals surface area contributed by atoms with E-state index in [1.807, 2.05) is 51.1 Å². The van der Waals surface area contributed by atoms with Crippen LogP contribution in [0.3, 0.4) is 0 Å². The topological polar surface area (TPSA) is 91.8 Å². The Labute approximate surface area is 251 Å². The molecule has 228 valence electrons.